The van der Waals surface area contributed by atoms with Crippen LogP contribution in [-0.2, 0) is 0 Å². The number of fused-ring (bicyclic) bond motifs is 1. The smallest absolute Gasteiger partial charge is 0.496 e. The number of rotatable bonds is 6. The number of halogens is 3. The molecule has 1 aliphatic heterocycles. The molecular formula is C21H20F3N3O4. The Morgan fingerprint density at radius 2 is 1.71 bits per heavy atom. The minimum atomic E-state index is -4.73. The third-order valence-electron chi connectivity index (χ3n) is 4.85. The highest BCUT2D eigenvalue weighted by Gasteiger charge is 2.31. The molecule has 7 nitrogen and oxygen atoms in total. The van der Waals surface area contributed by atoms with E-state index >= 15 is 0 Å². The summed E-state index contributed by atoms with van der Waals surface area (Å²) < 4.78 is 57.5. The molecule has 1 aliphatic rings. The van der Waals surface area contributed by atoms with Gasteiger partial charge in [-0.25, -0.2) is 0 Å². The first kappa shape index (κ1) is 20.8. The van der Waals surface area contributed by atoms with Gasteiger partial charge in [-0.1, -0.05) is 6.07 Å². The Morgan fingerprint density at radius 3 is 2.39 bits per heavy atom. The summed E-state index contributed by atoms with van der Waals surface area (Å²) in [7, 11) is 3.10. The number of benzene rings is 2. The Morgan fingerprint density at radius 1 is 0.968 bits per heavy atom. The SMILES string of the molecule is COc1nc(N2CCC(Oc3ccc(OC(F)(F)F)cc3)C2)c2c(OC)cccc2n1. The summed E-state index contributed by atoms with van der Waals surface area (Å²) >= 11 is 0. The van der Waals surface area contributed by atoms with Crippen molar-refractivity contribution in [1.29, 1.82) is 0 Å². The van der Waals surface area contributed by atoms with Gasteiger partial charge in [0.1, 0.15) is 29.2 Å². The molecule has 0 saturated carbocycles. The molecule has 0 bridgehead atoms. The van der Waals surface area contributed by atoms with Gasteiger partial charge < -0.3 is 23.8 Å². The van der Waals surface area contributed by atoms with Gasteiger partial charge in [-0.3, -0.25) is 0 Å². The average molecular weight is 435 g/mol. The third-order valence-corrected chi connectivity index (χ3v) is 4.85. The fourth-order valence-corrected chi connectivity index (χ4v) is 3.53. The van der Waals surface area contributed by atoms with E-state index in [0.717, 1.165) is 5.39 Å². The van der Waals surface area contributed by atoms with Crippen molar-refractivity contribution < 1.29 is 32.1 Å². The molecule has 0 N–H and O–H groups in total. The molecule has 0 amide bonds. The quantitative estimate of drug-likeness (QED) is 0.575. The van der Waals surface area contributed by atoms with Crippen molar-refractivity contribution >= 4 is 16.7 Å². The predicted octanol–water partition coefficient (Wildman–Crippen LogP) is 4.20. The highest BCUT2D eigenvalue weighted by Crippen LogP contribution is 2.35. The van der Waals surface area contributed by atoms with Crippen LogP contribution in [-0.4, -0.2) is 49.7 Å². The summed E-state index contributed by atoms with van der Waals surface area (Å²) in [6, 6.07) is 11.2. The molecule has 4 rings (SSSR count). The molecule has 1 aromatic heterocycles. The number of anilines is 1. The van der Waals surface area contributed by atoms with Crippen molar-refractivity contribution in [1.82, 2.24) is 9.97 Å². The topological polar surface area (TPSA) is 65.9 Å². The molecule has 1 saturated heterocycles. The molecule has 0 aliphatic carbocycles. The van der Waals surface area contributed by atoms with Gasteiger partial charge in [-0.15, -0.1) is 13.2 Å². The number of hydrogen-bond donors (Lipinski definition) is 0. The molecule has 2 aromatic carbocycles. The Kier molecular flexibility index (Phi) is 5.62. The summed E-state index contributed by atoms with van der Waals surface area (Å²) in [6.07, 6.45) is -4.18. The monoisotopic (exact) mass is 435 g/mol. The van der Waals surface area contributed by atoms with Crippen LogP contribution in [0.3, 0.4) is 0 Å². The van der Waals surface area contributed by atoms with Crippen LogP contribution >= 0.6 is 0 Å². The van der Waals surface area contributed by atoms with Gasteiger partial charge in [0, 0.05) is 13.0 Å². The number of methoxy groups -OCH3 is 2. The molecule has 0 spiro atoms. The van der Waals surface area contributed by atoms with E-state index in [-0.39, 0.29) is 17.9 Å². The first-order valence-corrected chi connectivity index (χ1v) is 9.52. The zero-order valence-corrected chi connectivity index (χ0v) is 16.8. The largest absolute Gasteiger partial charge is 0.573 e. The van der Waals surface area contributed by atoms with Crippen molar-refractivity contribution in [3.8, 4) is 23.3 Å². The number of hydrogen-bond acceptors (Lipinski definition) is 7. The fraction of sp³-hybridized carbons (Fsp3) is 0.333. The maximum absolute atomic E-state index is 12.3. The molecular weight excluding hydrogens is 415 g/mol. The highest BCUT2D eigenvalue weighted by molar-refractivity contribution is 5.95. The molecule has 1 unspecified atom stereocenters. The van der Waals surface area contributed by atoms with E-state index < -0.39 is 6.36 Å². The molecule has 3 aromatic rings. The highest BCUT2D eigenvalue weighted by atomic mass is 19.4. The molecule has 164 valence electrons. The lowest BCUT2D eigenvalue weighted by atomic mass is 10.2. The Bertz CT molecular complexity index is 1060. The number of ether oxygens (including phenoxy) is 4. The minimum Gasteiger partial charge on any atom is -0.496 e. The molecule has 0 radical (unpaired) electrons. The maximum Gasteiger partial charge on any atom is 0.573 e. The van der Waals surface area contributed by atoms with Crippen LogP contribution in [0.4, 0.5) is 19.0 Å². The Hall–Kier alpha value is -3.43. The van der Waals surface area contributed by atoms with Crippen LogP contribution in [0, 0.1) is 0 Å². The summed E-state index contributed by atoms with van der Waals surface area (Å²) in [5, 5.41) is 0.778. The molecule has 1 atom stereocenters. The van der Waals surface area contributed by atoms with Crippen molar-refractivity contribution in [2.75, 3.05) is 32.2 Å². The van der Waals surface area contributed by atoms with Crippen LogP contribution in [0.1, 0.15) is 6.42 Å². The van der Waals surface area contributed by atoms with Gasteiger partial charge in [0.2, 0.25) is 0 Å². The van der Waals surface area contributed by atoms with Gasteiger partial charge in [-0.2, -0.15) is 9.97 Å². The average Bonchev–Trinajstić information content (AvgIpc) is 3.21. The van der Waals surface area contributed by atoms with Crippen LogP contribution in [0.25, 0.3) is 10.9 Å². The third kappa shape index (κ3) is 4.68. The van der Waals surface area contributed by atoms with E-state index in [9.17, 15) is 13.2 Å². The lowest BCUT2D eigenvalue weighted by molar-refractivity contribution is -0.274. The van der Waals surface area contributed by atoms with Crippen LogP contribution < -0.4 is 23.8 Å². The van der Waals surface area contributed by atoms with Crippen molar-refractivity contribution in [2.24, 2.45) is 0 Å². The van der Waals surface area contributed by atoms with E-state index in [1.54, 1.807) is 7.11 Å². The summed E-state index contributed by atoms with van der Waals surface area (Å²) in [6.45, 7) is 1.21. The molecule has 2 heterocycles. The predicted molar refractivity (Wildman–Crippen MR) is 107 cm³/mol. The zero-order valence-electron chi connectivity index (χ0n) is 16.8. The Labute approximate surface area is 176 Å². The summed E-state index contributed by atoms with van der Waals surface area (Å²) in [4.78, 5) is 11.0. The number of nitrogens with zero attached hydrogens (tertiary/aromatic N) is 3. The second kappa shape index (κ2) is 8.37. The van der Waals surface area contributed by atoms with Crippen molar-refractivity contribution in [3.05, 3.63) is 42.5 Å². The second-order valence-corrected chi connectivity index (χ2v) is 6.88. The van der Waals surface area contributed by atoms with E-state index in [0.29, 0.717) is 42.3 Å². The lowest BCUT2D eigenvalue weighted by Gasteiger charge is -2.21. The molecule has 1 fully saturated rings. The molecule has 31 heavy (non-hydrogen) atoms. The van der Waals surface area contributed by atoms with Crippen LogP contribution in [0.15, 0.2) is 42.5 Å². The first-order chi connectivity index (χ1) is 14.9. The van der Waals surface area contributed by atoms with E-state index in [1.165, 1.54) is 31.4 Å². The summed E-state index contributed by atoms with van der Waals surface area (Å²) in [5.74, 6) is 1.50. The molecule has 10 heteroatoms. The first-order valence-electron chi connectivity index (χ1n) is 9.52. The van der Waals surface area contributed by atoms with Gasteiger partial charge in [-0.05, 0) is 36.4 Å². The standard InChI is InChI=1S/C21H20F3N3O4/c1-28-17-5-3-4-16-18(17)19(26-20(25-16)29-2)27-11-10-15(12-27)30-13-6-8-14(9-7-13)31-21(22,23)24/h3-9,15H,10-12H2,1-2H3. The van der Waals surface area contributed by atoms with Gasteiger partial charge >= 0.3 is 12.4 Å². The van der Waals surface area contributed by atoms with Gasteiger partial charge in [0.15, 0.2) is 0 Å². The maximum atomic E-state index is 12.3. The minimum absolute atomic E-state index is 0.167. The summed E-state index contributed by atoms with van der Waals surface area (Å²) in [5.41, 5.74) is 0.700. The lowest BCUT2D eigenvalue weighted by Crippen LogP contribution is -2.25. The fourth-order valence-electron chi connectivity index (χ4n) is 3.53. The van der Waals surface area contributed by atoms with E-state index in [1.807, 2.05) is 18.2 Å². The van der Waals surface area contributed by atoms with Crippen molar-refractivity contribution in [2.45, 2.75) is 18.9 Å². The normalized spacial score (nSPS) is 16.4. The zero-order chi connectivity index (χ0) is 22.0. The van der Waals surface area contributed by atoms with Crippen LogP contribution in [0.5, 0.6) is 23.3 Å². The van der Waals surface area contributed by atoms with Gasteiger partial charge in [0.05, 0.1) is 31.7 Å². The Balaban J connectivity index is 1.52. The second-order valence-electron chi connectivity index (χ2n) is 6.88. The van der Waals surface area contributed by atoms with Crippen molar-refractivity contribution in [3.63, 3.8) is 0 Å². The van der Waals surface area contributed by atoms with E-state index in [2.05, 4.69) is 19.6 Å². The van der Waals surface area contributed by atoms with Crippen LogP contribution in [0.2, 0.25) is 0 Å². The number of alkyl halides is 3. The number of aromatic nitrogens is 2. The van der Waals surface area contributed by atoms with Gasteiger partial charge in [0.25, 0.3) is 0 Å². The van der Waals surface area contributed by atoms with E-state index in [4.69, 9.17) is 14.2 Å².